The van der Waals surface area contributed by atoms with Gasteiger partial charge in [0.15, 0.2) is 5.69 Å². The van der Waals surface area contributed by atoms with Crippen molar-refractivity contribution in [1.82, 2.24) is 25.6 Å². The first-order chi connectivity index (χ1) is 10.7. The minimum absolute atomic E-state index is 0.0751. The van der Waals surface area contributed by atoms with Crippen molar-refractivity contribution in [2.75, 3.05) is 13.1 Å². The Morgan fingerprint density at radius 1 is 1.55 bits per heavy atom. The number of hydrogen-bond acceptors (Lipinski definition) is 5. The summed E-state index contributed by atoms with van der Waals surface area (Å²) in [4.78, 5) is 12.2. The van der Waals surface area contributed by atoms with E-state index in [1.807, 2.05) is 11.6 Å². The second-order valence-corrected chi connectivity index (χ2v) is 6.56. The predicted molar refractivity (Wildman–Crippen MR) is 86.1 cm³/mol. The van der Waals surface area contributed by atoms with Crippen molar-refractivity contribution in [2.24, 2.45) is 0 Å². The number of aromatic nitrogens is 3. The molecule has 7 heteroatoms. The standard InChI is InChI=1S/C15H21N5OS/c1-11(8-12-4-7-22-10-12)17-15(21)14-9-20(19-18-14)13-2-5-16-6-3-13/h4,7,9-11,13,16H,2-3,5-6,8H2,1H3,(H,17,21). The summed E-state index contributed by atoms with van der Waals surface area (Å²) >= 11 is 1.67. The molecule has 0 bridgehead atoms. The largest absolute Gasteiger partial charge is 0.348 e. The minimum atomic E-state index is -0.150. The van der Waals surface area contributed by atoms with Gasteiger partial charge in [-0.2, -0.15) is 11.3 Å². The maximum Gasteiger partial charge on any atom is 0.273 e. The Balaban J connectivity index is 1.56. The topological polar surface area (TPSA) is 71.8 Å². The zero-order valence-corrected chi connectivity index (χ0v) is 13.5. The first kappa shape index (κ1) is 15.2. The molecular formula is C15H21N5OS. The van der Waals surface area contributed by atoms with Gasteiger partial charge in [-0.1, -0.05) is 5.21 Å². The summed E-state index contributed by atoms with van der Waals surface area (Å²) in [7, 11) is 0. The number of carbonyl (C=O) groups is 1. The van der Waals surface area contributed by atoms with Crippen LogP contribution in [0.4, 0.5) is 0 Å². The van der Waals surface area contributed by atoms with Crippen LogP contribution < -0.4 is 10.6 Å². The molecule has 1 unspecified atom stereocenters. The van der Waals surface area contributed by atoms with E-state index in [0.717, 1.165) is 32.4 Å². The van der Waals surface area contributed by atoms with Crippen LogP contribution in [0.2, 0.25) is 0 Å². The van der Waals surface area contributed by atoms with Crippen LogP contribution in [0.3, 0.4) is 0 Å². The van der Waals surface area contributed by atoms with Crippen LogP contribution in [-0.2, 0) is 6.42 Å². The molecule has 3 heterocycles. The van der Waals surface area contributed by atoms with E-state index >= 15 is 0 Å². The third-order valence-corrected chi connectivity index (χ3v) is 4.66. The van der Waals surface area contributed by atoms with Crippen molar-refractivity contribution in [1.29, 1.82) is 0 Å². The summed E-state index contributed by atoms with van der Waals surface area (Å²) in [6, 6.07) is 2.51. The first-order valence-corrected chi connectivity index (χ1v) is 8.61. The number of amides is 1. The maximum atomic E-state index is 12.2. The number of piperidine rings is 1. The van der Waals surface area contributed by atoms with Crippen molar-refractivity contribution in [3.8, 4) is 0 Å². The monoisotopic (exact) mass is 319 g/mol. The fourth-order valence-corrected chi connectivity index (χ4v) is 3.42. The predicted octanol–water partition coefficient (Wildman–Crippen LogP) is 1.63. The van der Waals surface area contributed by atoms with Crippen LogP contribution >= 0.6 is 11.3 Å². The lowest BCUT2D eigenvalue weighted by molar-refractivity contribution is 0.0935. The third-order valence-electron chi connectivity index (χ3n) is 3.93. The Hall–Kier alpha value is -1.73. The van der Waals surface area contributed by atoms with E-state index in [1.165, 1.54) is 5.56 Å². The lowest BCUT2D eigenvalue weighted by Crippen LogP contribution is -2.34. The molecule has 1 saturated heterocycles. The van der Waals surface area contributed by atoms with Gasteiger partial charge >= 0.3 is 0 Å². The van der Waals surface area contributed by atoms with Crippen LogP contribution in [0, 0.1) is 0 Å². The quantitative estimate of drug-likeness (QED) is 0.878. The Labute approximate surface area is 133 Å². The molecule has 1 fully saturated rings. The SMILES string of the molecule is CC(Cc1ccsc1)NC(=O)c1cn(C2CCNCC2)nn1. The van der Waals surface area contributed by atoms with E-state index in [-0.39, 0.29) is 11.9 Å². The molecule has 118 valence electrons. The molecule has 0 spiro atoms. The lowest BCUT2D eigenvalue weighted by Gasteiger charge is -2.22. The van der Waals surface area contributed by atoms with E-state index in [9.17, 15) is 4.79 Å². The number of nitrogens with one attached hydrogen (secondary N) is 2. The molecule has 1 amide bonds. The second kappa shape index (κ2) is 7.02. The average Bonchev–Trinajstić information content (AvgIpc) is 3.19. The minimum Gasteiger partial charge on any atom is -0.348 e. The van der Waals surface area contributed by atoms with Crippen molar-refractivity contribution >= 4 is 17.2 Å². The molecule has 1 atom stereocenters. The van der Waals surface area contributed by atoms with Crippen LogP contribution in [-0.4, -0.2) is 40.0 Å². The molecule has 2 aromatic heterocycles. The Morgan fingerprint density at radius 3 is 3.09 bits per heavy atom. The highest BCUT2D eigenvalue weighted by atomic mass is 32.1. The highest BCUT2D eigenvalue weighted by Crippen LogP contribution is 2.17. The summed E-state index contributed by atoms with van der Waals surface area (Å²) < 4.78 is 1.83. The van der Waals surface area contributed by atoms with Gasteiger partial charge in [-0.05, 0) is 61.7 Å². The highest BCUT2D eigenvalue weighted by Gasteiger charge is 2.19. The molecule has 22 heavy (non-hydrogen) atoms. The van der Waals surface area contributed by atoms with E-state index in [2.05, 4.69) is 37.8 Å². The van der Waals surface area contributed by atoms with Crippen molar-refractivity contribution in [3.63, 3.8) is 0 Å². The zero-order chi connectivity index (χ0) is 15.4. The summed E-state index contributed by atoms with van der Waals surface area (Å²) in [5, 5.41) is 18.6. The molecule has 0 radical (unpaired) electrons. The normalized spacial score (nSPS) is 17.3. The van der Waals surface area contributed by atoms with E-state index in [4.69, 9.17) is 0 Å². The van der Waals surface area contributed by atoms with Crippen LogP contribution in [0.1, 0.15) is 41.9 Å². The Morgan fingerprint density at radius 2 is 2.36 bits per heavy atom. The van der Waals surface area contributed by atoms with Gasteiger partial charge in [-0.3, -0.25) is 4.79 Å². The molecule has 0 aliphatic carbocycles. The van der Waals surface area contributed by atoms with Gasteiger partial charge in [0, 0.05) is 6.04 Å². The van der Waals surface area contributed by atoms with Gasteiger partial charge in [0.25, 0.3) is 5.91 Å². The van der Waals surface area contributed by atoms with E-state index < -0.39 is 0 Å². The van der Waals surface area contributed by atoms with Crippen molar-refractivity contribution in [2.45, 2.75) is 38.3 Å². The maximum absolute atomic E-state index is 12.2. The second-order valence-electron chi connectivity index (χ2n) is 5.78. The number of thiophene rings is 1. The lowest BCUT2D eigenvalue weighted by atomic mass is 10.1. The molecule has 6 nitrogen and oxygen atoms in total. The van der Waals surface area contributed by atoms with Gasteiger partial charge in [0.1, 0.15) is 0 Å². The number of carbonyl (C=O) groups excluding carboxylic acids is 1. The molecule has 2 aromatic rings. The smallest absolute Gasteiger partial charge is 0.273 e. The number of hydrogen-bond donors (Lipinski definition) is 2. The van der Waals surface area contributed by atoms with Crippen LogP contribution in [0.25, 0.3) is 0 Å². The highest BCUT2D eigenvalue weighted by molar-refractivity contribution is 7.07. The molecule has 0 aromatic carbocycles. The fraction of sp³-hybridized carbons (Fsp3) is 0.533. The molecule has 2 N–H and O–H groups in total. The molecule has 0 saturated carbocycles. The summed E-state index contributed by atoms with van der Waals surface area (Å²) in [5.74, 6) is -0.150. The molecule has 1 aliphatic heterocycles. The van der Waals surface area contributed by atoms with Gasteiger partial charge < -0.3 is 10.6 Å². The van der Waals surface area contributed by atoms with Crippen LogP contribution in [0.5, 0.6) is 0 Å². The fourth-order valence-electron chi connectivity index (χ4n) is 2.74. The third kappa shape index (κ3) is 3.72. The van der Waals surface area contributed by atoms with Crippen LogP contribution in [0.15, 0.2) is 23.0 Å². The van der Waals surface area contributed by atoms with Gasteiger partial charge in [0.05, 0.1) is 12.2 Å². The average molecular weight is 319 g/mol. The molecule has 3 rings (SSSR count). The molecule has 1 aliphatic rings. The summed E-state index contributed by atoms with van der Waals surface area (Å²) in [6.07, 6.45) is 4.65. The van der Waals surface area contributed by atoms with Crippen molar-refractivity contribution in [3.05, 3.63) is 34.3 Å². The summed E-state index contributed by atoms with van der Waals surface area (Å²) in [5.41, 5.74) is 1.65. The van der Waals surface area contributed by atoms with Crippen molar-refractivity contribution < 1.29 is 4.79 Å². The van der Waals surface area contributed by atoms with Gasteiger partial charge in [-0.15, -0.1) is 5.10 Å². The van der Waals surface area contributed by atoms with E-state index in [1.54, 1.807) is 17.5 Å². The Kier molecular flexibility index (Phi) is 4.84. The zero-order valence-electron chi connectivity index (χ0n) is 12.7. The number of nitrogens with zero attached hydrogens (tertiary/aromatic N) is 3. The van der Waals surface area contributed by atoms with E-state index in [0.29, 0.717) is 11.7 Å². The first-order valence-electron chi connectivity index (χ1n) is 7.67. The Bertz CT molecular complexity index is 603. The molecular weight excluding hydrogens is 298 g/mol. The summed E-state index contributed by atoms with van der Waals surface area (Å²) in [6.45, 7) is 3.99. The van der Waals surface area contributed by atoms with Gasteiger partial charge in [0.2, 0.25) is 0 Å². The van der Waals surface area contributed by atoms with Gasteiger partial charge in [-0.25, -0.2) is 4.68 Å². The number of rotatable bonds is 5.